The summed E-state index contributed by atoms with van der Waals surface area (Å²) in [6.07, 6.45) is 2.31. The third-order valence-electron chi connectivity index (χ3n) is 1.09. The van der Waals surface area contributed by atoms with Crippen molar-refractivity contribution in [2.45, 2.75) is 25.8 Å². The second-order valence-corrected chi connectivity index (χ2v) is 2.22. The van der Waals surface area contributed by atoms with Gasteiger partial charge in [-0.2, -0.15) is 0 Å². The molecular formula is C6H16N2. The van der Waals surface area contributed by atoms with E-state index in [2.05, 4.69) is 5.32 Å². The van der Waals surface area contributed by atoms with Crippen molar-refractivity contribution in [3.63, 3.8) is 0 Å². The molecular weight excluding hydrogens is 100 g/mol. The fraction of sp³-hybridized carbons (Fsp3) is 1.00. The lowest BCUT2D eigenvalue weighted by Gasteiger charge is -2.02. The first-order chi connectivity index (χ1) is 3.77. The van der Waals surface area contributed by atoms with E-state index in [1.165, 1.54) is 6.42 Å². The van der Waals surface area contributed by atoms with E-state index in [0.29, 0.717) is 6.04 Å². The van der Waals surface area contributed by atoms with Gasteiger partial charge in [0.25, 0.3) is 0 Å². The molecule has 0 aromatic rings. The van der Waals surface area contributed by atoms with Crippen LogP contribution < -0.4 is 11.1 Å². The number of rotatable bonds is 4. The summed E-state index contributed by atoms with van der Waals surface area (Å²) < 4.78 is 0. The zero-order chi connectivity index (χ0) is 6.41. The van der Waals surface area contributed by atoms with E-state index in [1.54, 1.807) is 0 Å². The van der Waals surface area contributed by atoms with Gasteiger partial charge in [-0.3, -0.25) is 0 Å². The molecule has 50 valence electrons. The molecule has 2 nitrogen and oxygen atoms in total. The van der Waals surface area contributed by atoms with E-state index in [9.17, 15) is 0 Å². The molecule has 0 fully saturated rings. The summed E-state index contributed by atoms with van der Waals surface area (Å²) in [5.41, 5.74) is 5.51. The summed E-state index contributed by atoms with van der Waals surface area (Å²) in [5, 5.41) is 3.07. The van der Waals surface area contributed by atoms with Gasteiger partial charge in [0, 0.05) is 6.04 Å². The number of nitrogens with one attached hydrogen (secondary N) is 1. The molecule has 0 saturated heterocycles. The number of hydrogen-bond acceptors (Lipinski definition) is 2. The minimum absolute atomic E-state index is 0.364. The molecule has 1 unspecified atom stereocenters. The van der Waals surface area contributed by atoms with Crippen molar-refractivity contribution in [3.05, 3.63) is 0 Å². The molecule has 8 heavy (non-hydrogen) atoms. The molecule has 0 aliphatic rings. The Labute approximate surface area is 51.5 Å². The third-order valence-corrected chi connectivity index (χ3v) is 1.09. The molecule has 3 N–H and O–H groups in total. The van der Waals surface area contributed by atoms with Crippen LogP contribution in [0.25, 0.3) is 0 Å². The van der Waals surface area contributed by atoms with Crippen molar-refractivity contribution >= 4 is 0 Å². The monoisotopic (exact) mass is 116 g/mol. The first-order valence-corrected chi connectivity index (χ1v) is 3.17. The lowest BCUT2D eigenvalue weighted by atomic mass is 10.2. The van der Waals surface area contributed by atoms with Crippen molar-refractivity contribution in [1.29, 1.82) is 0 Å². The highest BCUT2D eigenvalue weighted by Crippen LogP contribution is 1.89. The topological polar surface area (TPSA) is 38.0 Å². The Balaban J connectivity index is 2.72. The Morgan fingerprint density at radius 3 is 2.62 bits per heavy atom. The van der Waals surface area contributed by atoms with Gasteiger partial charge in [-0.1, -0.05) is 0 Å². The molecule has 1 atom stereocenters. The van der Waals surface area contributed by atoms with Gasteiger partial charge in [0.2, 0.25) is 0 Å². The van der Waals surface area contributed by atoms with Crippen LogP contribution >= 0.6 is 0 Å². The fourth-order valence-corrected chi connectivity index (χ4v) is 0.601. The maximum absolute atomic E-state index is 5.51. The predicted octanol–water partition coefficient (Wildman–Crippen LogP) is 0.333. The molecule has 0 aliphatic carbocycles. The van der Waals surface area contributed by atoms with Crippen molar-refractivity contribution in [2.24, 2.45) is 5.73 Å². The van der Waals surface area contributed by atoms with Gasteiger partial charge < -0.3 is 11.1 Å². The molecule has 0 saturated carbocycles. The van der Waals surface area contributed by atoms with Gasteiger partial charge in [-0.15, -0.1) is 0 Å². The lowest BCUT2D eigenvalue weighted by Crippen LogP contribution is -2.17. The zero-order valence-electron chi connectivity index (χ0n) is 5.78. The molecule has 2 heteroatoms. The predicted molar refractivity (Wildman–Crippen MR) is 36.8 cm³/mol. The van der Waals surface area contributed by atoms with Gasteiger partial charge in [0.1, 0.15) is 0 Å². The van der Waals surface area contributed by atoms with Gasteiger partial charge in [-0.25, -0.2) is 0 Å². The quantitative estimate of drug-likeness (QED) is 0.520. The van der Waals surface area contributed by atoms with Gasteiger partial charge >= 0.3 is 0 Å². The van der Waals surface area contributed by atoms with Crippen LogP contribution in [0.15, 0.2) is 0 Å². The van der Waals surface area contributed by atoms with Crippen LogP contribution in [0.2, 0.25) is 0 Å². The Hall–Kier alpha value is -0.0800. The van der Waals surface area contributed by atoms with E-state index < -0.39 is 0 Å². The van der Waals surface area contributed by atoms with Crippen molar-refractivity contribution < 1.29 is 0 Å². The summed E-state index contributed by atoms with van der Waals surface area (Å²) in [4.78, 5) is 0. The highest BCUT2D eigenvalue weighted by molar-refractivity contribution is 4.52. The minimum Gasteiger partial charge on any atom is -0.328 e. The number of hydrogen-bond donors (Lipinski definition) is 2. The van der Waals surface area contributed by atoms with E-state index in [0.717, 1.165) is 13.0 Å². The first kappa shape index (κ1) is 7.92. The fourth-order valence-electron chi connectivity index (χ4n) is 0.601. The Morgan fingerprint density at radius 1 is 1.62 bits per heavy atom. The van der Waals surface area contributed by atoms with Crippen LogP contribution in [0.3, 0.4) is 0 Å². The van der Waals surface area contributed by atoms with Crippen LogP contribution in [-0.4, -0.2) is 19.6 Å². The molecule has 0 spiro atoms. The van der Waals surface area contributed by atoms with Crippen molar-refractivity contribution in [1.82, 2.24) is 5.32 Å². The Kier molecular flexibility index (Phi) is 5.01. The van der Waals surface area contributed by atoms with Gasteiger partial charge in [0.15, 0.2) is 0 Å². The average Bonchev–Trinajstić information content (AvgIpc) is 1.66. The standard InChI is InChI=1S/C6H16N2/c1-6(7)4-3-5-8-2/h6,8H,3-5,7H2,1-2H3. The first-order valence-electron chi connectivity index (χ1n) is 3.17. The SMILES string of the molecule is CNCCCC(C)N. The maximum atomic E-state index is 5.51. The summed E-state index contributed by atoms with van der Waals surface area (Å²) in [5.74, 6) is 0. The molecule has 0 aromatic carbocycles. The van der Waals surface area contributed by atoms with E-state index in [-0.39, 0.29) is 0 Å². The van der Waals surface area contributed by atoms with Gasteiger partial charge in [-0.05, 0) is 33.4 Å². The summed E-state index contributed by atoms with van der Waals surface area (Å²) in [6.45, 7) is 3.12. The molecule has 0 rings (SSSR count). The highest BCUT2D eigenvalue weighted by atomic mass is 14.8. The maximum Gasteiger partial charge on any atom is 0.00109 e. The second-order valence-electron chi connectivity index (χ2n) is 2.22. The van der Waals surface area contributed by atoms with E-state index >= 15 is 0 Å². The molecule has 0 bridgehead atoms. The Morgan fingerprint density at radius 2 is 2.25 bits per heavy atom. The zero-order valence-corrected chi connectivity index (χ0v) is 5.78. The second kappa shape index (κ2) is 5.06. The molecule has 0 radical (unpaired) electrons. The smallest absolute Gasteiger partial charge is 0.00109 e. The summed E-state index contributed by atoms with van der Waals surface area (Å²) in [7, 11) is 1.96. The van der Waals surface area contributed by atoms with E-state index in [1.807, 2.05) is 14.0 Å². The molecule has 0 aromatic heterocycles. The summed E-state index contributed by atoms with van der Waals surface area (Å²) in [6, 6.07) is 0.364. The van der Waals surface area contributed by atoms with Crippen molar-refractivity contribution in [3.8, 4) is 0 Å². The van der Waals surface area contributed by atoms with Crippen LogP contribution in [-0.2, 0) is 0 Å². The van der Waals surface area contributed by atoms with E-state index in [4.69, 9.17) is 5.73 Å². The van der Waals surface area contributed by atoms with Crippen LogP contribution in [0.1, 0.15) is 19.8 Å². The number of nitrogens with two attached hydrogens (primary N) is 1. The average molecular weight is 116 g/mol. The largest absolute Gasteiger partial charge is 0.328 e. The normalized spacial score (nSPS) is 13.9. The van der Waals surface area contributed by atoms with Crippen LogP contribution in [0.4, 0.5) is 0 Å². The molecule has 0 heterocycles. The Bertz CT molecular complexity index is 43.8. The van der Waals surface area contributed by atoms with Crippen molar-refractivity contribution in [2.75, 3.05) is 13.6 Å². The highest BCUT2D eigenvalue weighted by Gasteiger charge is 1.90. The minimum atomic E-state index is 0.364. The van der Waals surface area contributed by atoms with Gasteiger partial charge in [0.05, 0.1) is 0 Å². The third kappa shape index (κ3) is 5.92. The lowest BCUT2D eigenvalue weighted by molar-refractivity contribution is 0.601. The molecule has 0 aliphatic heterocycles. The van der Waals surface area contributed by atoms with Crippen LogP contribution in [0.5, 0.6) is 0 Å². The molecule has 0 amide bonds. The van der Waals surface area contributed by atoms with Crippen LogP contribution in [0, 0.1) is 0 Å². The summed E-state index contributed by atoms with van der Waals surface area (Å²) >= 11 is 0.